The molecule has 45 heavy (non-hydrogen) atoms. The minimum absolute atomic E-state index is 0.0719. The molecule has 0 bridgehead atoms. The number of hydrogen-bond acceptors (Lipinski definition) is 5. The highest BCUT2D eigenvalue weighted by Crippen LogP contribution is 2.55. The highest BCUT2D eigenvalue weighted by molar-refractivity contribution is 6.32. The molecule has 0 spiro atoms. The lowest BCUT2D eigenvalue weighted by molar-refractivity contribution is -0.119. The molecule has 7 heteroatoms. The number of benzene rings is 3. The van der Waals surface area contributed by atoms with E-state index in [1.807, 2.05) is 54.6 Å². The van der Waals surface area contributed by atoms with E-state index in [0.29, 0.717) is 52.1 Å². The summed E-state index contributed by atoms with van der Waals surface area (Å²) in [5.41, 5.74) is 5.67. The van der Waals surface area contributed by atoms with E-state index in [0.717, 1.165) is 40.9 Å². The molecule has 2 aliphatic carbocycles. The summed E-state index contributed by atoms with van der Waals surface area (Å²) in [6, 6.07) is 21.5. The van der Waals surface area contributed by atoms with Gasteiger partial charge in [0.15, 0.2) is 23.1 Å². The Balaban J connectivity index is 1.51. The highest BCUT2D eigenvalue weighted by atomic mass is 35.5. The second-order valence-corrected chi connectivity index (χ2v) is 14.8. The smallest absolute Gasteiger partial charge is 0.180 e. The predicted molar refractivity (Wildman–Crippen MR) is 179 cm³/mol. The van der Waals surface area contributed by atoms with Crippen LogP contribution in [0, 0.1) is 10.8 Å². The number of rotatable bonds is 7. The fourth-order valence-electron chi connectivity index (χ4n) is 7.15. The third kappa shape index (κ3) is 6.17. The van der Waals surface area contributed by atoms with Crippen molar-refractivity contribution in [1.82, 2.24) is 4.90 Å². The van der Waals surface area contributed by atoms with Gasteiger partial charge in [0.25, 0.3) is 0 Å². The molecular formula is C38H39Cl2NO4. The molecule has 0 radical (unpaired) electrons. The standard InChI is InChI=1S/C38H39Cl2NO4/c1-37(2)17-28-34(30(42)19-37)33(25-15-27(40)36(32(16-25)44-5)45-22-24-13-9-10-14-26(24)39)35-29(18-38(3,4)20-31(35)43)41(28)21-23-11-7-6-8-12-23/h6-16,33H,17-22H2,1-5H3. The lowest BCUT2D eigenvalue weighted by atomic mass is 9.63. The van der Waals surface area contributed by atoms with Crippen LogP contribution in [-0.2, 0) is 22.7 Å². The molecule has 3 aliphatic rings. The van der Waals surface area contributed by atoms with Gasteiger partial charge < -0.3 is 14.4 Å². The first kappa shape index (κ1) is 31.4. The van der Waals surface area contributed by atoms with Gasteiger partial charge in [0.05, 0.1) is 12.1 Å². The van der Waals surface area contributed by atoms with Crippen molar-refractivity contribution in [3.8, 4) is 11.5 Å². The van der Waals surface area contributed by atoms with Crippen LogP contribution >= 0.6 is 23.2 Å². The number of hydrogen-bond donors (Lipinski definition) is 0. The van der Waals surface area contributed by atoms with Crippen LogP contribution in [-0.4, -0.2) is 23.6 Å². The normalized spacial score (nSPS) is 19.4. The Labute approximate surface area is 275 Å². The van der Waals surface area contributed by atoms with E-state index >= 15 is 0 Å². The Bertz CT molecular complexity index is 1680. The minimum Gasteiger partial charge on any atom is -0.493 e. The second-order valence-electron chi connectivity index (χ2n) is 14.0. The first-order valence-electron chi connectivity index (χ1n) is 15.4. The van der Waals surface area contributed by atoms with Crippen LogP contribution < -0.4 is 9.47 Å². The number of Topliss-reactive ketones (excluding diaryl/α,β-unsaturated/α-hetero) is 2. The van der Waals surface area contributed by atoms with Gasteiger partial charge in [-0.05, 0) is 53.0 Å². The van der Waals surface area contributed by atoms with Gasteiger partial charge in [0.2, 0.25) is 0 Å². The molecular weight excluding hydrogens is 605 g/mol. The van der Waals surface area contributed by atoms with E-state index in [4.69, 9.17) is 32.7 Å². The number of carbonyl (C=O) groups is 2. The van der Waals surface area contributed by atoms with Crippen LogP contribution in [0.25, 0.3) is 0 Å². The first-order valence-corrected chi connectivity index (χ1v) is 16.2. The zero-order chi connectivity index (χ0) is 32.1. The van der Waals surface area contributed by atoms with Crippen LogP contribution in [0.15, 0.2) is 89.3 Å². The molecule has 0 atom stereocenters. The SMILES string of the molecule is COc1cc(C2C3=C(CC(C)(C)CC3=O)N(Cc3ccccc3)C3=C2C(=O)CC(C)(C)C3)cc(Cl)c1OCc1ccccc1Cl. The Morgan fingerprint density at radius 3 is 1.93 bits per heavy atom. The van der Waals surface area contributed by atoms with E-state index in [1.165, 1.54) is 0 Å². The largest absolute Gasteiger partial charge is 0.493 e. The number of nitrogens with zero attached hydrogens (tertiary/aromatic N) is 1. The van der Waals surface area contributed by atoms with Gasteiger partial charge >= 0.3 is 0 Å². The Hall–Kier alpha value is -3.54. The van der Waals surface area contributed by atoms with Crippen molar-refractivity contribution in [2.24, 2.45) is 10.8 Å². The summed E-state index contributed by atoms with van der Waals surface area (Å²) in [6.07, 6.45) is 2.28. The van der Waals surface area contributed by atoms with E-state index in [2.05, 4.69) is 44.7 Å². The molecule has 0 N–H and O–H groups in total. The number of carbonyl (C=O) groups excluding carboxylic acids is 2. The quantitative estimate of drug-likeness (QED) is 0.257. The van der Waals surface area contributed by atoms with Gasteiger partial charge in [0, 0.05) is 58.4 Å². The molecule has 0 aromatic heterocycles. The van der Waals surface area contributed by atoms with Crippen LogP contribution in [0.5, 0.6) is 11.5 Å². The zero-order valence-corrected chi connectivity index (χ0v) is 28.0. The summed E-state index contributed by atoms with van der Waals surface area (Å²) in [4.78, 5) is 30.7. The molecule has 3 aromatic carbocycles. The monoisotopic (exact) mass is 643 g/mol. The number of allylic oxidation sites excluding steroid dienone is 4. The maximum Gasteiger partial charge on any atom is 0.180 e. The average Bonchev–Trinajstić information content (AvgIpc) is 2.97. The van der Waals surface area contributed by atoms with Crippen molar-refractivity contribution >= 4 is 34.8 Å². The number of halogens is 2. The molecule has 234 valence electrons. The van der Waals surface area contributed by atoms with Crippen molar-refractivity contribution in [1.29, 1.82) is 0 Å². The number of ether oxygens (including phenoxy) is 2. The molecule has 0 unspecified atom stereocenters. The third-order valence-electron chi connectivity index (χ3n) is 9.12. The van der Waals surface area contributed by atoms with Crippen LogP contribution in [0.4, 0.5) is 0 Å². The van der Waals surface area contributed by atoms with Gasteiger partial charge in [-0.2, -0.15) is 0 Å². The van der Waals surface area contributed by atoms with Crippen molar-refractivity contribution in [3.05, 3.63) is 116 Å². The molecule has 0 saturated carbocycles. The summed E-state index contributed by atoms with van der Waals surface area (Å²) in [6.45, 7) is 9.39. The maximum absolute atomic E-state index is 14.2. The predicted octanol–water partition coefficient (Wildman–Crippen LogP) is 9.47. The molecule has 3 aromatic rings. The number of methoxy groups -OCH3 is 1. The van der Waals surface area contributed by atoms with Crippen LogP contribution in [0.3, 0.4) is 0 Å². The molecule has 1 heterocycles. The fourth-order valence-corrected chi connectivity index (χ4v) is 7.61. The molecule has 1 aliphatic heterocycles. The van der Waals surface area contributed by atoms with Gasteiger partial charge in [-0.25, -0.2) is 0 Å². The Morgan fingerprint density at radius 1 is 0.778 bits per heavy atom. The fraction of sp³-hybridized carbons (Fsp3) is 0.368. The summed E-state index contributed by atoms with van der Waals surface area (Å²) in [5.74, 6) is 0.427. The molecule has 0 fully saturated rings. The lowest BCUT2D eigenvalue weighted by Gasteiger charge is -2.49. The zero-order valence-electron chi connectivity index (χ0n) is 26.5. The van der Waals surface area contributed by atoms with E-state index in [-0.39, 0.29) is 29.0 Å². The second kappa shape index (κ2) is 12.0. The highest BCUT2D eigenvalue weighted by Gasteiger charge is 2.49. The van der Waals surface area contributed by atoms with Crippen LogP contribution in [0.2, 0.25) is 10.0 Å². The van der Waals surface area contributed by atoms with Crippen molar-refractivity contribution in [3.63, 3.8) is 0 Å². The van der Waals surface area contributed by atoms with Gasteiger partial charge in [-0.1, -0.05) is 99.4 Å². The molecule has 5 nitrogen and oxygen atoms in total. The van der Waals surface area contributed by atoms with Gasteiger partial charge in [-0.3, -0.25) is 9.59 Å². The molecule has 0 amide bonds. The summed E-state index contributed by atoms with van der Waals surface area (Å²) in [7, 11) is 1.57. The lowest BCUT2D eigenvalue weighted by Crippen LogP contribution is -2.44. The summed E-state index contributed by atoms with van der Waals surface area (Å²) < 4.78 is 12.0. The maximum atomic E-state index is 14.2. The first-order chi connectivity index (χ1) is 21.4. The molecule has 6 rings (SSSR count). The van der Waals surface area contributed by atoms with E-state index in [9.17, 15) is 9.59 Å². The minimum atomic E-state index is -0.543. The van der Waals surface area contributed by atoms with Crippen molar-refractivity contribution in [2.45, 2.75) is 72.4 Å². The van der Waals surface area contributed by atoms with Crippen molar-refractivity contribution in [2.75, 3.05) is 7.11 Å². The van der Waals surface area contributed by atoms with Crippen LogP contribution in [0.1, 0.15) is 76.0 Å². The summed E-state index contributed by atoms with van der Waals surface area (Å²) >= 11 is 13.3. The average molecular weight is 645 g/mol. The molecule has 0 saturated heterocycles. The Morgan fingerprint density at radius 2 is 1.36 bits per heavy atom. The summed E-state index contributed by atoms with van der Waals surface area (Å²) in [5, 5.41) is 0.947. The van der Waals surface area contributed by atoms with Gasteiger partial charge in [-0.15, -0.1) is 0 Å². The Kier molecular flexibility index (Phi) is 8.38. The third-order valence-corrected chi connectivity index (χ3v) is 9.77. The van der Waals surface area contributed by atoms with E-state index in [1.54, 1.807) is 7.11 Å². The van der Waals surface area contributed by atoms with Gasteiger partial charge in [0.1, 0.15) is 6.61 Å². The van der Waals surface area contributed by atoms with Crippen molar-refractivity contribution < 1.29 is 19.1 Å². The van der Waals surface area contributed by atoms with E-state index < -0.39 is 5.92 Å². The number of ketones is 2. The topological polar surface area (TPSA) is 55.8 Å².